The average molecular weight is 271 g/mol. The number of ether oxygens (including phenoxy) is 1. The first-order chi connectivity index (χ1) is 9.81. The van der Waals surface area contributed by atoms with Crippen LogP contribution in [0.1, 0.15) is 57.1 Å². The summed E-state index contributed by atoms with van der Waals surface area (Å²) in [5.41, 5.74) is 4.81. The van der Waals surface area contributed by atoms with Gasteiger partial charge >= 0.3 is 0 Å². The Morgan fingerprint density at radius 3 is 2.90 bits per heavy atom. The minimum Gasteiger partial charge on any atom is -0.497 e. The lowest BCUT2D eigenvalue weighted by molar-refractivity contribution is 0.388. The fourth-order valence-electron chi connectivity index (χ4n) is 3.73. The monoisotopic (exact) mass is 271 g/mol. The molecule has 3 rings (SSSR count). The topological polar surface area (TPSA) is 21.3 Å². The second kappa shape index (κ2) is 6.01. The number of rotatable bonds is 3. The van der Waals surface area contributed by atoms with Crippen molar-refractivity contribution >= 4 is 0 Å². The van der Waals surface area contributed by atoms with E-state index < -0.39 is 0 Å². The summed E-state index contributed by atoms with van der Waals surface area (Å²) in [5.74, 6) is 0.959. The van der Waals surface area contributed by atoms with Gasteiger partial charge in [0.05, 0.1) is 7.11 Å². The fraction of sp³-hybridized carbons (Fsp3) is 0.556. The Hall–Kier alpha value is -1.28. The largest absolute Gasteiger partial charge is 0.497 e. The van der Waals surface area contributed by atoms with Gasteiger partial charge in [-0.15, -0.1) is 0 Å². The van der Waals surface area contributed by atoms with E-state index in [1.165, 1.54) is 44.1 Å². The molecule has 2 aliphatic rings. The van der Waals surface area contributed by atoms with E-state index in [4.69, 9.17) is 4.74 Å². The maximum absolute atomic E-state index is 5.37. The Balaban J connectivity index is 1.87. The molecular formula is C18H25NO. The van der Waals surface area contributed by atoms with Crippen LogP contribution in [0.3, 0.4) is 0 Å². The van der Waals surface area contributed by atoms with Crippen LogP contribution in [-0.2, 0) is 0 Å². The molecule has 1 N–H and O–H groups in total. The number of methoxy groups -OCH3 is 1. The summed E-state index contributed by atoms with van der Waals surface area (Å²) >= 11 is 0. The highest BCUT2D eigenvalue weighted by molar-refractivity contribution is 5.35. The normalized spacial score (nSPS) is 26.3. The lowest BCUT2D eigenvalue weighted by atomic mass is 9.79. The van der Waals surface area contributed by atoms with Crippen LogP contribution >= 0.6 is 0 Å². The molecule has 0 amide bonds. The molecule has 0 saturated heterocycles. The molecule has 0 fully saturated rings. The fourth-order valence-corrected chi connectivity index (χ4v) is 3.73. The van der Waals surface area contributed by atoms with Crippen molar-refractivity contribution in [1.29, 1.82) is 0 Å². The Labute approximate surface area is 122 Å². The molecule has 2 heteroatoms. The summed E-state index contributed by atoms with van der Waals surface area (Å²) in [7, 11) is 1.74. The zero-order valence-corrected chi connectivity index (χ0v) is 12.6. The highest BCUT2D eigenvalue weighted by Crippen LogP contribution is 2.39. The Kier molecular flexibility index (Phi) is 4.11. The summed E-state index contributed by atoms with van der Waals surface area (Å²) < 4.78 is 5.37. The molecule has 0 aromatic heterocycles. The number of benzene rings is 1. The number of hydrogen-bond acceptors (Lipinski definition) is 2. The minimum absolute atomic E-state index is 0.451. The van der Waals surface area contributed by atoms with E-state index in [-0.39, 0.29) is 0 Å². The van der Waals surface area contributed by atoms with Gasteiger partial charge in [0, 0.05) is 12.1 Å². The first-order valence-corrected chi connectivity index (χ1v) is 7.92. The molecule has 1 aliphatic carbocycles. The maximum Gasteiger partial charge on any atom is 0.119 e. The molecule has 108 valence electrons. The molecule has 20 heavy (non-hydrogen) atoms. The van der Waals surface area contributed by atoms with Crippen molar-refractivity contribution in [2.45, 2.75) is 57.5 Å². The van der Waals surface area contributed by atoms with E-state index >= 15 is 0 Å². The Morgan fingerprint density at radius 2 is 2.10 bits per heavy atom. The van der Waals surface area contributed by atoms with Gasteiger partial charge in [0.1, 0.15) is 5.75 Å². The van der Waals surface area contributed by atoms with Gasteiger partial charge in [-0.1, -0.05) is 30.2 Å². The van der Waals surface area contributed by atoms with Gasteiger partial charge in [-0.25, -0.2) is 0 Å². The van der Waals surface area contributed by atoms with Crippen molar-refractivity contribution in [2.75, 3.05) is 7.11 Å². The summed E-state index contributed by atoms with van der Waals surface area (Å²) in [5, 5.41) is 3.86. The Morgan fingerprint density at radius 1 is 1.25 bits per heavy atom. The summed E-state index contributed by atoms with van der Waals surface area (Å²) in [6.07, 6.45) is 7.75. The molecule has 1 aromatic carbocycles. The first-order valence-electron chi connectivity index (χ1n) is 7.92. The predicted molar refractivity (Wildman–Crippen MR) is 83.1 cm³/mol. The first kappa shape index (κ1) is 13.7. The van der Waals surface area contributed by atoms with Gasteiger partial charge in [0.15, 0.2) is 0 Å². The summed E-state index contributed by atoms with van der Waals surface area (Å²) in [6, 6.07) is 9.55. The van der Waals surface area contributed by atoms with Crippen LogP contribution in [0.2, 0.25) is 0 Å². The van der Waals surface area contributed by atoms with E-state index in [1.807, 2.05) is 6.07 Å². The van der Waals surface area contributed by atoms with Gasteiger partial charge < -0.3 is 10.1 Å². The van der Waals surface area contributed by atoms with Gasteiger partial charge in [0.25, 0.3) is 0 Å². The molecule has 1 aromatic rings. The molecule has 2 nitrogen and oxygen atoms in total. The van der Waals surface area contributed by atoms with Gasteiger partial charge in [-0.2, -0.15) is 0 Å². The lowest BCUT2D eigenvalue weighted by Gasteiger charge is -2.37. The van der Waals surface area contributed by atoms with Crippen molar-refractivity contribution in [2.24, 2.45) is 0 Å². The van der Waals surface area contributed by atoms with Crippen LogP contribution in [0.25, 0.3) is 0 Å². The van der Waals surface area contributed by atoms with E-state index in [0.717, 1.165) is 5.75 Å². The molecule has 1 unspecified atom stereocenters. The van der Waals surface area contributed by atoms with Crippen molar-refractivity contribution in [3.8, 4) is 5.75 Å². The second-order valence-electron chi connectivity index (χ2n) is 6.00. The predicted octanol–water partition coefficient (Wildman–Crippen LogP) is 4.38. The van der Waals surface area contributed by atoms with Gasteiger partial charge in [-0.3, -0.25) is 0 Å². The molecular weight excluding hydrogens is 246 g/mol. The van der Waals surface area contributed by atoms with Crippen molar-refractivity contribution in [3.05, 3.63) is 41.0 Å². The standard InChI is InChI=1S/C18H25NO/c1-3-17-16-10-5-4-7-13(16)12-18(19-17)14-8-6-9-15(11-14)20-2/h6,8-9,11,17-19H,3-5,7,10,12H2,1-2H3/t17?,18-/m0/s1. The zero-order valence-electron chi connectivity index (χ0n) is 12.6. The van der Waals surface area contributed by atoms with Gasteiger partial charge in [0.2, 0.25) is 0 Å². The minimum atomic E-state index is 0.451. The van der Waals surface area contributed by atoms with E-state index in [0.29, 0.717) is 12.1 Å². The van der Waals surface area contributed by atoms with Gasteiger partial charge in [-0.05, 0) is 56.2 Å². The van der Waals surface area contributed by atoms with E-state index in [1.54, 1.807) is 18.3 Å². The lowest BCUT2D eigenvalue weighted by Crippen LogP contribution is -2.39. The van der Waals surface area contributed by atoms with Crippen LogP contribution in [-0.4, -0.2) is 13.2 Å². The van der Waals surface area contributed by atoms with Crippen LogP contribution in [0.5, 0.6) is 5.75 Å². The quantitative estimate of drug-likeness (QED) is 0.824. The highest BCUT2D eigenvalue weighted by Gasteiger charge is 2.29. The zero-order chi connectivity index (χ0) is 13.9. The third kappa shape index (κ3) is 2.62. The third-order valence-corrected chi connectivity index (χ3v) is 4.81. The van der Waals surface area contributed by atoms with E-state index in [2.05, 4.69) is 30.4 Å². The molecule has 0 spiro atoms. The third-order valence-electron chi connectivity index (χ3n) is 4.81. The molecule has 0 saturated carbocycles. The van der Waals surface area contributed by atoms with E-state index in [9.17, 15) is 0 Å². The SMILES string of the molecule is CCC1N[C@H](c2cccc(OC)c2)CC2=C1CCCC2. The van der Waals surface area contributed by atoms with Crippen LogP contribution in [0.15, 0.2) is 35.4 Å². The summed E-state index contributed by atoms with van der Waals surface area (Å²) in [6.45, 7) is 2.30. The van der Waals surface area contributed by atoms with Crippen LogP contribution in [0.4, 0.5) is 0 Å². The number of hydrogen-bond donors (Lipinski definition) is 1. The van der Waals surface area contributed by atoms with Crippen LogP contribution < -0.4 is 10.1 Å². The highest BCUT2D eigenvalue weighted by atomic mass is 16.5. The maximum atomic E-state index is 5.37. The smallest absolute Gasteiger partial charge is 0.119 e. The Bertz CT molecular complexity index is 506. The molecule has 1 aliphatic heterocycles. The van der Waals surface area contributed by atoms with Crippen molar-refractivity contribution in [1.82, 2.24) is 5.32 Å². The van der Waals surface area contributed by atoms with Crippen molar-refractivity contribution in [3.63, 3.8) is 0 Å². The second-order valence-corrected chi connectivity index (χ2v) is 6.00. The molecule has 0 bridgehead atoms. The molecule has 1 heterocycles. The van der Waals surface area contributed by atoms with Crippen LogP contribution in [0, 0.1) is 0 Å². The van der Waals surface area contributed by atoms with Crippen molar-refractivity contribution < 1.29 is 4.74 Å². The molecule has 2 atom stereocenters. The molecule has 0 radical (unpaired) electrons. The average Bonchev–Trinajstić information content (AvgIpc) is 2.53. The summed E-state index contributed by atoms with van der Waals surface area (Å²) in [4.78, 5) is 0. The number of nitrogens with one attached hydrogen (secondary N) is 1.